The Kier molecular flexibility index (Phi) is 7.68. The molecular formula is C23H28N2O5S. The van der Waals surface area contributed by atoms with Crippen LogP contribution in [0.4, 0.5) is 10.7 Å². The molecule has 1 aromatic carbocycles. The molecule has 1 aliphatic rings. The Hall–Kier alpha value is -2.87. The molecule has 0 spiro atoms. The van der Waals surface area contributed by atoms with Crippen LogP contribution in [0.3, 0.4) is 0 Å². The van der Waals surface area contributed by atoms with Crippen molar-refractivity contribution >= 4 is 39.9 Å². The van der Waals surface area contributed by atoms with Crippen molar-refractivity contribution in [2.24, 2.45) is 0 Å². The molecule has 0 saturated heterocycles. The summed E-state index contributed by atoms with van der Waals surface area (Å²) in [6, 6.07) is 6.40. The summed E-state index contributed by atoms with van der Waals surface area (Å²) in [5.74, 6) is -1.56. The van der Waals surface area contributed by atoms with Crippen molar-refractivity contribution in [2.45, 2.75) is 58.0 Å². The van der Waals surface area contributed by atoms with Gasteiger partial charge in [-0.1, -0.05) is 25.8 Å². The highest BCUT2D eigenvalue weighted by molar-refractivity contribution is 7.17. The SMILES string of the molecule is CCC(OC(=O)c1cccc(N)c1)C(=O)Nc1sc2c(c1C(=O)OC)CCCCCC2. The maximum Gasteiger partial charge on any atom is 0.341 e. The topological polar surface area (TPSA) is 108 Å². The summed E-state index contributed by atoms with van der Waals surface area (Å²) in [4.78, 5) is 39.0. The van der Waals surface area contributed by atoms with Crippen LogP contribution < -0.4 is 11.1 Å². The lowest BCUT2D eigenvalue weighted by Gasteiger charge is -2.16. The zero-order valence-corrected chi connectivity index (χ0v) is 18.7. The highest BCUT2D eigenvalue weighted by Gasteiger charge is 2.29. The van der Waals surface area contributed by atoms with Crippen molar-refractivity contribution in [1.29, 1.82) is 0 Å². The molecule has 3 rings (SSSR count). The fourth-order valence-corrected chi connectivity index (χ4v) is 4.98. The third-order valence-corrected chi connectivity index (χ3v) is 6.54. The van der Waals surface area contributed by atoms with Crippen molar-refractivity contribution in [1.82, 2.24) is 0 Å². The Morgan fingerprint density at radius 3 is 2.55 bits per heavy atom. The molecule has 1 heterocycles. The van der Waals surface area contributed by atoms with Crippen molar-refractivity contribution in [3.05, 3.63) is 45.8 Å². The van der Waals surface area contributed by atoms with Crippen molar-refractivity contribution in [2.75, 3.05) is 18.2 Å². The maximum absolute atomic E-state index is 12.9. The van der Waals surface area contributed by atoms with Crippen LogP contribution >= 0.6 is 11.3 Å². The number of benzene rings is 1. The largest absolute Gasteiger partial charge is 0.465 e. The van der Waals surface area contributed by atoms with E-state index in [9.17, 15) is 14.4 Å². The van der Waals surface area contributed by atoms with E-state index in [1.54, 1.807) is 25.1 Å². The van der Waals surface area contributed by atoms with E-state index in [0.717, 1.165) is 49.0 Å². The first-order valence-corrected chi connectivity index (χ1v) is 11.4. The molecule has 1 aromatic heterocycles. The highest BCUT2D eigenvalue weighted by Crippen LogP contribution is 2.37. The minimum absolute atomic E-state index is 0.278. The first-order valence-electron chi connectivity index (χ1n) is 10.5. The molecule has 0 bridgehead atoms. The van der Waals surface area contributed by atoms with E-state index >= 15 is 0 Å². The second-order valence-corrected chi connectivity index (χ2v) is 8.64. The van der Waals surface area contributed by atoms with Gasteiger partial charge in [-0.15, -0.1) is 11.3 Å². The number of carbonyl (C=O) groups is 3. The van der Waals surface area contributed by atoms with Crippen molar-refractivity contribution in [3.63, 3.8) is 0 Å². The number of amides is 1. The summed E-state index contributed by atoms with van der Waals surface area (Å²) in [6.45, 7) is 1.76. The zero-order chi connectivity index (χ0) is 22.4. The fraction of sp³-hybridized carbons (Fsp3) is 0.435. The number of methoxy groups -OCH3 is 1. The number of carbonyl (C=O) groups excluding carboxylic acids is 3. The molecule has 166 valence electrons. The second kappa shape index (κ2) is 10.4. The van der Waals surface area contributed by atoms with Crippen LogP contribution in [0.25, 0.3) is 0 Å². The third kappa shape index (κ3) is 5.44. The number of esters is 2. The molecular weight excluding hydrogens is 416 g/mol. The average molecular weight is 445 g/mol. The predicted octanol–water partition coefficient (Wildman–Crippen LogP) is 4.35. The molecule has 3 N–H and O–H groups in total. The van der Waals surface area contributed by atoms with Crippen LogP contribution in [0.5, 0.6) is 0 Å². The number of nitrogens with two attached hydrogens (primary N) is 1. The molecule has 0 radical (unpaired) electrons. The Balaban J connectivity index is 1.81. The Labute approximate surface area is 185 Å². The normalized spacial score (nSPS) is 14.5. The van der Waals surface area contributed by atoms with Crippen LogP contribution in [-0.4, -0.2) is 31.1 Å². The lowest BCUT2D eigenvalue weighted by molar-refractivity contribution is -0.124. The van der Waals surface area contributed by atoms with E-state index in [2.05, 4.69) is 5.32 Å². The van der Waals surface area contributed by atoms with Gasteiger partial charge in [-0.25, -0.2) is 9.59 Å². The van der Waals surface area contributed by atoms with Gasteiger partial charge in [0.25, 0.3) is 5.91 Å². The van der Waals surface area contributed by atoms with Crippen molar-refractivity contribution < 1.29 is 23.9 Å². The zero-order valence-electron chi connectivity index (χ0n) is 17.9. The average Bonchev–Trinajstić information content (AvgIpc) is 3.06. The summed E-state index contributed by atoms with van der Waals surface area (Å²) >= 11 is 1.41. The van der Waals surface area contributed by atoms with E-state index in [0.29, 0.717) is 22.7 Å². The summed E-state index contributed by atoms with van der Waals surface area (Å²) < 4.78 is 10.4. The molecule has 1 amide bonds. The van der Waals surface area contributed by atoms with E-state index < -0.39 is 23.9 Å². The number of nitrogen functional groups attached to an aromatic ring is 1. The molecule has 1 unspecified atom stereocenters. The molecule has 0 aliphatic heterocycles. The summed E-state index contributed by atoms with van der Waals surface area (Å²) in [5.41, 5.74) is 7.83. The number of hydrogen-bond donors (Lipinski definition) is 2. The monoisotopic (exact) mass is 444 g/mol. The molecule has 31 heavy (non-hydrogen) atoms. The lowest BCUT2D eigenvalue weighted by atomic mass is 9.96. The molecule has 7 nitrogen and oxygen atoms in total. The van der Waals surface area contributed by atoms with Crippen molar-refractivity contribution in [3.8, 4) is 0 Å². The maximum atomic E-state index is 12.9. The standard InChI is InChI=1S/C23H28N2O5S/c1-3-17(30-22(27)14-9-8-10-15(24)13-14)20(26)25-21-19(23(28)29-2)16-11-6-4-5-7-12-18(16)31-21/h8-10,13,17H,3-7,11-12,24H2,1-2H3,(H,25,26). The number of thiophene rings is 1. The number of anilines is 2. The molecule has 0 fully saturated rings. The Morgan fingerprint density at radius 1 is 1.13 bits per heavy atom. The Bertz CT molecular complexity index is 969. The predicted molar refractivity (Wildman–Crippen MR) is 121 cm³/mol. The van der Waals surface area contributed by atoms with Gasteiger partial charge in [0, 0.05) is 10.6 Å². The summed E-state index contributed by atoms with van der Waals surface area (Å²) in [5, 5.41) is 3.28. The van der Waals surface area contributed by atoms with E-state index in [1.165, 1.54) is 24.5 Å². The number of fused-ring (bicyclic) bond motifs is 1. The molecule has 8 heteroatoms. The van der Waals surface area contributed by atoms with Crippen LogP contribution in [0.1, 0.15) is 70.2 Å². The van der Waals surface area contributed by atoms with Crippen LogP contribution in [0.2, 0.25) is 0 Å². The Morgan fingerprint density at radius 2 is 1.87 bits per heavy atom. The van der Waals surface area contributed by atoms with Gasteiger partial charge in [0.2, 0.25) is 0 Å². The quantitative estimate of drug-likeness (QED) is 0.507. The summed E-state index contributed by atoms with van der Waals surface area (Å²) in [6.07, 6.45) is 5.28. The second-order valence-electron chi connectivity index (χ2n) is 7.53. The van der Waals surface area contributed by atoms with Crippen LogP contribution in [0.15, 0.2) is 24.3 Å². The van der Waals surface area contributed by atoms with E-state index in [1.807, 2.05) is 0 Å². The smallest absolute Gasteiger partial charge is 0.341 e. The van der Waals surface area contributed by atoms with Gasteiger partial charge in [0.1, 0.15) is 5.00 Å². The lowest BCUT2D eigenvalue weighted by Crippen LogP contribution is -2.32. The minimum Gasteiger partial charge on any atom is -0.465 e. The number of hydrogen-bond acceptors (Lipinski definition) is 7. The molecule has 1 atom stereocenters. The number of nitrogens with one attached hydrogen (secondary N) is 1. The fourth-order valence-electron chi connectivity index (χ4n) is 3.70. The van der Waals surface area contributed by atoms with Gasteiger partial charge >= 0.3 is 11.9 Å². The van der Waals surface area contributed by atoms with Crippen LogP contribution in [0, 0.1) is 0 Å². The van der Waals surface area contributed by atoms with Gasteiger partial charge in [0.15, 0.2) is 6.10 Å². The first-order chi connectivity index (χ1) is 14.9. The molecule has 0 saturated carbocycles. The number of ether oxygens (including phenoxy) is 2. The van der Waals surface area contributed by atoms with Gasteiger partial charge < -0.3 is 20.5 Å². The molecule has 1 aliphatic carbocycles. The van der Waals surface area contributed by atoms with Gasteiger partial charge in [-0.2, -0.15) is 0 Å². The highest BCUT2D eigenvalue weighted by atomic mass is 32.1. The van der Waals surface area contributed by atoms with E-state index in [-0.39, 0.29) is 5.56 Å². The van der Waals surface area contributed by atoms with Gasteiger partial charge in [-0.05, 0) is 55.9 Å². The van der Waals surface area contributed by atoms with Crippen LogP contribution in [-0.2, 0) is 27.1 Å². The number of rotatable bonds is 6. The van der Waals surface area contributed by atoms with E-state index in [4.69, 9.17) is 15.2 Å². The number of aryl methyl sites for hydroxylation is 1. The third-order valence-electron chi connectivity index (χ3n) is 5.33. The molecule has 2 aromatic rings. The van der Waals surface area contributed by atoms with Gasteiger partial charge in [-0.3, -0.25) is 4.79 Å². The summed E-state index contributed by atoms with van der Waals surface area (Å²) in [7, 11) is 1.34. The minimum atomic E-state index is -0.996. The first kappa shape index (κ1) is 22.8. The van der Waals surface area contributed by atoms with Gasteiger partial charge in [0.05, 0.1) is 18.2 Å².